The fraction of sp³-hybridized carbons (Fsp3) is 0. The Balaban J connectivity index is 1.93. The Morgan fingerprint density at radius 1 is 1.10 bits per heavy atom. The van der Waals surface area contributed by atoms with Gasteiger partial charge in [0.2, 0.25) is 5.70 Å². The molecule has 98 valence electrons. The highest BCUT2D eigenvalue weighted by Gasteiger charge is 2.07. The van der Waals surface area contributed by atoms with Crippen molar-refractivity contribution in [2.45, 2.75) is 0 Å². The summed E-state index contributed by atoms with van der Waals surface area (Å²) >= 11 is 8.53. The number of thiophene rings is 3. The number of hydrogen-bond donors (Lipinski definition) is 0. The molecule has 0 atom stereocenters. The summed E-state index contributed by atoms with van der Waals surface area (Å²) in [7, 11) is 0. The van der Waals surface area contributed by atoms with Crippen molar-refractivity contribution in [3.63, 3.8) is 0 Å². The number of nitrogens with zero attached hydrogens (tertiary/aromatic N) is 1. The van der Waals surface area contributed by atoms with Crippen molar-refractivity contribution in [2.75, 3.05) is 0 Å². The van der Waals surface area contributed by atoms with Gasteiger partial charge in [-0.15, -0.1) is 22.7 Å². The van der Waals surface area contributed by atoms with E-state index in [9.17, 15) is 0 Å². The van der Waals surface area contributed by atoms with Crippen LogP contribution in [0, 0.1) is 6.57 Å². The second-order valence-corrected chi connectivity index (χ2v) is 8.45. The first-order valence-electron chi connectivity index (χ1n) is 5.75. The van der Waals surface area contributed by atoms with Crippen LogP contribution in [-0.4, -0.2) is 0 Å². The summed E-state index contributed by atoms with van der Waals surface area (Å²) < 4.78 is 1.14. The molecule has 0 aromatic carbocycles. The molecule has 0 N–H and O–H groups in total. The topological polar surface area (TPSA) is 4.36 Å². The summed E-state index contributed by atoms with van der Waals surface area (Å²) in [6.45, 7) is 7.32. The van der Waals surface area contributed by atoms with Gasteiger partial charge in [0.1, 0.15) is 0 Å². The maximum atomic E-state index is 7.32. The molecule has 0 spiro atoms. The van der Waals surface area contributed by atoms with Crippen LogP contribution in [0.5, 0.6) is 0 Å². The van der Waals surface area contributed by atoms with Crippen LogP contribution >= 0.6 is 49.9 Å². The van der Waals surface area contributed by atoms with Gasteiger partial charge in [-0.25, -0.2) is 4.85 Å². The molecule has 0 unspecified atom stereocenters. The first-order valence-corrected chi connectivity index (χ1v) is 9.05. The zero-order valence-corrected chi connectivity index (χ0v) is 14.2. The lowest BCUT2D eigenvalue weighted by Crippen LogP contribution is -1.69. The molecular formula is C15H8BrNS3. The minimum absolute atomic E-state index is 0.709. The van der Waals surface area contributed by atoms with Crippen molar-refractivity contribution in [1.29, 1.82) is 0 Å². The highest BCUT2D eigenvalue weighted by Crippen LogP contribution is 2.37. The highest BCUT2D eigenvalue weighted by molar-refractivity contribution is 9.11. The maximum Gasteiger partial charge on any atom is 0.205 e. The van der Waals surface area contributed by atoms with Gasteiger partial charge >= 0.3 is 0 Å². The second kappa shape index (κ2) is 6.06. The molecule has 0 amide bonds. The average molecular weight is 378 g/mol. The number of halogens is 1. The van der Waals surface area contributed by atoms with Crippen molar-refractivity contribution in [1.82, 2.24) is 0 Å². The van der Waals surface area contributed by atoms with E-state index in [0.29, 0.717) is 5.70 Å². The van der Waals surface area contributed by atoms with E-state index in [-0.39, 0.29) is 0 Å². The molecule has 0 aliphatic carbocycles. The maximum absolute atomic E-state index is 7.32. The van der Waals surface area contributed by atoms with Gasteiger partial charge < -0.3 is 0 Å². The fourth-order valence-electron chi connectivity index (χ4n) is 1.73. The minimum atomic E-state index is 0.709. The van der Waals surface area contributed by atoms with Crippen molar-refractivity contribution in [3.8, 4) is 9.75 Å². The number of rotatable bonds is 3. The Bertz CT molecular complexity index is 787. The molecule has 0 aliphatic rings. The molecule has 3 aromatic rings. The molecule has 3 aromatic heterocycles. The fourth-order valence-corrected chi connectivity index (χ4v) is 4.83. The molecule has 0 saturated carbocycles. The van der Waals surface area contributed by atoms with Crippen LogP contribution in [0.1, 0.15) is 9.75 Å². The Morgan fingerprint density at radius 2 is 1.90 bits per heavy atom. The van der Waals surface area contributed by atoms with Crippen LogP contribution in [0.2, 0.25) is 0 Å². The first-order chi connectivity index (χ1) is 9.76. The van der Waals surface area contributed by atoms with E-state index in [2.05, 4.69) is 45.0 Å². The lowest BCUT2D eigenvalue weighted by molar-refractivity contribution is 1.86. The predicted octanol–water partition coefficient (Wildman–Crippen LogP) is 6.72. The lowest BCUT2D eigenvalue weighted by Gasteiger charge is -1.92. The molecule has 0 saturated heterocycles. The molecule has 20 heavy (non-hydrogen) atoms. The molecule has 5 heteroatoms. The van der Waals surface area contributed by atoms with Gasteiger partial charge in [-0.05, 0) is 51.7 Å². The van der Waals surface area contributed by atoms with Crippen LogP contribution in [0.3, 0.4) is 0 Å². The normalized spacial score (nSPS) is 11.5. The number of hydrogen-bond acceptors (Lipinski definition) is 3. The van der Waals surface area contributed by atoms with Crippen molar-refractivity contribution in [3.05, 3.63) is 66.7 Å². The summed E-state index contributed by atoms with van der Waals surface area (Å²) in [5.74, 6) is 0. The summed E-state index contributed by atoms with van der Waals surface area (Å²) in [5, 5.41) is 2.00. The van der Waals surface area contributed by atoms with E-state index in [1.807, 2.05) is 23.6 Å². The smallest absolute Gasteiger partial charge is 0.205 e. The van der Waals surface area contributed by atoms with Crippen LogP contribution in [0.15, 0.2) is 45.6 Å². The summed E-state index contributed by atoms with van der Waals surface area (Å²) in [6.07, 6.45) is 1.97. The van der Waals surface area contributed by atoms with Gasteiger partial charge in [-0.2, -0.15) is 11.3 Å². The minimum Gasteiger partial charge on any atom is -0.237 e. The largest absolute Gasteiger partial charge is 0.237 e. The first kappa shape index (κ1) is 13.8. The molecule has 3 heterocycles. The van der Waals surface area contributed by atoms with Gasteiger partial charge in [0.25, 0.3) is 0 Å². The molecule has 3 rings (SSSR count). The zero-order valence-electron chi connectivity index (χ0n) is 10.2. The van der Waals surface area contributed by atoms with Crippen molar-refractivity contribution in [2.24, 2.45) is 0 Å². The second-order valence-electron chi connectivity index (χ2n) is 3.92. The van der Waals surface area contributed by atoms with Crippen molar-refractivity contribution < 1.29 is 0 Å². The van der Waals surface area contributed by atoms with Crippen LogP contribution < -0.4 is 0 Å². The SMILES string of the molecule is [C-]#[N+]/C(=C\c1ccc(-c2ccc(Br)s2)s1)c1cccs1. The lowest BCUT2D eigenvalue weighted by atomic mass is 10.3. The summed E-state index contributed by atoms with van der Waals surface area (Å²) in [6, 6.07) is 12.3. The van der Waals surface area contributed by atoms with E-state index in [1.54, 1.807) is 34.0 Å². The van der Waals surface area contributed by atoms with E-state index in [0.717, 1.165) is 13.5 Å². The van der Waals surface area contributed by atoms with E-state index >= 15 is 0 Å². The van der Waals surface area contributed by atoms with E-state index < -0.39 is 0 Å². The Kier molecular flexibility index (Phi) is 4.18. The third-order valence-corrected chi connectivity index (χ3v) is 6.36. The standard InChI is InChI=1S/C15H8BrNS3/c1-17-11(12-3-2-8-18-12)9-10-4-5-13(19-10)14-6-7-15(16)20-14/h2-9H/b11-9-. The third kappa shape index (κ3) is 2.94. The summed E-state index contributed by atoms with van der Waals surface area (Å²) in [4.78, 5) is 8.26. The Labute approximate surface area is 137 Å². The summed E-state index contributed by atoms with van der Waals surface area (Å²) in [5.41, 5.74) is 0.709. The van der Waals surface area contributed by atoms with Crippen LogP contribution in [0.25, 0.3) is 26.4 Å². The van der Waals surface area contributed by atoms with Gasteiger partial charge in [0, 0.05) is 19.5 Å². The van der Waals surface area contributed by atoms with Crippen LogP contribution in [-0.2, 0) is 0 Å². The van der Waals surface area contributed by atoms with Gasteiger partial charge in [-0.1, -0.05) is 12.1 Å². The molecule has 1 nitrogen and oxygen atoms in total. The quantitative estimate of drug-likeness (QED) is 0.446. The van der Waals surface area contributed by atoms with E-state index in [1.165, 1.54) is 9.75 Å². The zero-order chi connectivity index (χ0) is 13.9. The molecule has 0 radical (unpaired) electrons. The van der Waals surface area contributed by atoms with Gasteiger partial charge in [0.05, 0.1) is 10.4 Å². The molecule has 0 bridgehead atoms. The highest BCUT2D eigenvalue weighted by atomic mass is 79.9. The van der Waals surface area contributed by atoms with Gasteiger partial charge in [-0.3, -0.25) is 0 Å². The van der Waals surface area contributed by atoms with Crippen molar-refractivity contribution >= 4 is 61.7 Å². The third-order valence-electron chi connectivity index (χ3n) is 2.62. The average Bonchev–Trinajstić information content (AvgIpc) is 3.16. The Hall–Kier alpha value is -1.19. The predicted molar refractivity (Wildman–Crippen MR) is 94.1 cm³/mol. The molecule has 0 fully saturated rings. The van der Waals surface area contributed by atoms with Gasteiger partial charge in [0.15, 0.2) is 0 Å². The van der Waals surface area contributed by atoms with E-state index in [4.69, 9.17) is 6.57 Å². The Morgan fingerprint density at radius 3 is 2.55 bits per heavy atom. The molecular weight excluding hydrogens is 370 g/mol. The van der Waals surface area contributed by atoms with Crippen LogP contribution in [0.4, 0.5) is 0 Å². The monoisotopic (exact) mass is 377 g/mol. The molecule has 0 aliphatic heterocycles.